The lowest BCUT2D eigenvalue weighted by atomic mass is 10.2. The Morgan fingerprint density at radius 2 is 1.55 bits per heavy atom. The predicted molar refractivity (Wildman–Crippen MR) is 106 cm³/mol. The third-order valence-corrected chi connectivity index (χ3v) is 4.20. The van der Waals surface area contributed by atoms with E-state index >= 15 is 0 Å². The maximum Gasteiger partial charge on any atom is 0.326 e. The topological polar surface area (TPSA) is 67.4 Å². The first-order chi connectivity index (χ1) is 13.8. The molecule has 0 heterocycles. The van der Waals surface area contributed by atoms with E-state index in [1.54, 1.807) is 30.3 Å². The number of amides is 3. The molecule has 0 saturated carbocycles. The molecule has 5 nitrogen and oxygen atoms in total. The van der Waals surface area contributed by atoms with E-state index in [0.717, 1.165) is 18.2 Å². The smallest absolute Gasteiger partial charge is 0.326 e. The molecule has 0 aliphatic rings. The minimum absolute atomic E-state index is 0.192. The van der Waals surface area contributed by atoms with Gasteiger partial charge in [-0.3, -0.25) is 10.1 Å². The number of halogens is 4. The summed E-state index contributed by atoms with van der Waals surface area (Å²) >= 11 is 11.9. The Morgan fingerprint density at radius 3 is 2.24 bits per heavy atom. The number of urea groups is 1. The van der Waals surface area contributed by atoms with E-state index < -0.39 is 29.1 Å². The first-order valence-electron chi connectivity index (χ1n) is 8.13. The summed E-state index contributed by atoms with van der Waals surface area (Å²) in [6, 6.07) is 12.9. The van der Waals surface area contributed by atoms with Crippen LogP contribution in [0.15, 0.2) is 60.7 Å². The number of carbonyl (C=O) groups is 2. The molecule has 3 amide bonds. The Morgan fingerprint density at radius 1 is 0.862 bits per heavy atom. The average Bonchev–Trinajstić information content (AvgIpc) is 2.65. The molecule has 0 aliphatic heterocycles. The minimum atomic E-state index is -1.22. The van der Waals surface area contributed by atoms with Gasteiger partial charge in [-0.25, -0.2) is 13.6 Å². The highest BCUT2D eigenvalue weighted by molar-refractivity contribution is 6.35. The molecular weight excluding hydrogens is 425 g/mol. The molecule has 0 atom stereocenters. The zero-order chi connectivity index (χ0) is 21.0. The van der Waals surface area contributed by atoms with Gasteiger partial charge in [0, 0.05) is 5.02 Å². The van der Waals surface area contributed by atoms with Crippen molar-refractivity contribution in [1.82, 2.24) is 5.32 Å². The van der Waals surface area contributed by atoms with Crippen LogP contribution in [-0.4, -0.2) is 11.9 Å². The largest absolute Gasteiger partial charge is 0.454 e. The molecule has 148 valence electrons. The third kappa shape index (κ3) is 5.01. The van der Waals surface area contributed by atoms with Gasteiger partial charge in [-0.15, -0.1) is 0 Å². The van der Waals surface area contributed by atoms with Crippen molar-refractivity contribution in [2.75, 3.05) is 5.32 Å². The second-order valence-electron chi connectivity index (χ2n) is 5.68. The van der Waals surface area contributed by atoms with Gasteiger partial charge in [0.15, 0.2) is 5.75 Å². The molecule has 0 saturated heterocycles. The Kier molecular flexibility index (Phi) is 6.31. The molecule has 3 aromatic carbocycles. The fourth-order valence-corrected chi connectivity index (χ4v) is 2.82. The summed E-state index contributed by atoms with van der Waals surface area (Å²) in [5.41, 5.74) is -0.669. The standard InChI is InChI=1S/C20H12Cl2F2N2O3/c21-11-8-9-16(12(22)10-11)29-17-7-2-1-6-15(17)25-20(28)26-19(27)18-13(23)4-3-5-14(18)24/h1-10H,(H2,25,26,27,28). The number of hydrogen-bond acceptors (Lipinski definition) is 3. The van der Waals surface area contributed by atoms with Gasteiger partial charge in [0.05, 0.1) is 10.7 Å². The summed E-state index contributed by atoms with van der Waals surface area (Å²) in [6.07, 6.45) is 0. The second-order valence-corrected chi connectivity index (χ2v) is 6.52. The maximum atomic E-state index is 13.7. The minimum Gasteiger partial charge on any atom is -0.454 e. The van der Waals surface area contributed by atoms with E-state index in [2.05, 4.69) is 5.32 Å². The molecule has 0 bridgehead atoms. The number of imide groups is 1. The predicted octanol–water partition coefficient (Wildman–Crippen LogP) is 6.03. The van der Waals surface area contributed by atoms with Crippen LogP contribution in [0.4, 0.5) is 19.3 Å². The van der Waals surface area contributed by atoms with Crippen molar-refractivity contribution < 1.29 is 23.1 Å². The monoisotopic (exact) mass is 436 g/mol. The molecule has 3 rings (SSSR count). The average molecular weight is 437 g/mol. The lowest BCUT2D eigenvalue weighted by Gasteiger charge is -2.13. The van der Waals surface area contributed by atoms with Crippen LogP contribution in [0.5, 0.6) is 11.5 Å². The van der Waals surface area contributed by atoms with Crippen LogP contribution in [0.25, 0.3) is 0 Å². The van der Waals surface area contributed by atoms with E-state index in [9.17, 15) is 18.4 Å². The van der Waals surface area contributed by atoms with Gasteiger partial charge < -0.3 is 10.1 Å². The lowest BCUT2D eigenvalue weighted by Crippen LogP contribution is -2.35. The lowest BCUT2D eigenvalue weighted by molar-refractivity contribution is 0.0959. The molecular formula is C20H12Cl2F2N2O3. The Bertz CT molecular complexity index is 1070. The van der Waals surface area contributed by atoms with E-state index in [4.69, 9.17) is 27.9 Å². The number of rotatable bonds is 4. The van der Waals surface area contributed by atoms with E-state index in [1.807, 2.05) is 5.32 Å². The number of para-hydroxylation sites is 2. The molecule has 3 aromatic rings. The third-order valence-electron chi connectivity index (χ3n) is 3.67. The first-order valence-corrected chi connectivity index (χ1v) is 8.89. The number of nitrogens with one attached hydrogen (secondary N) is 2. The van der Waals surface area contributed by atoms with Crippen LogP contribution >= 0.6 is 23.2 Å². The second kappa shape index (κ2) is 8.89. The van der Waals surface area contributed by atoms with Crippen molar-refractivity contribution in [2.24, 2.45) is 0 Å². The zero-order valence-corrected chi connectivity index (χ0v) is 16.0. The van der Waals surface area contributed by atoms with Gasteiger partial charge in [-0.1, -0.05) is 41.4 Å². The molecule has 0 radical (unpaired) electrons. The van der Waals surface area contributed by atoms with Gasteiger partial charge >= 0.3 is 6.03 Å². The highest BCUT2D eigenvalue weighted by Crippen LogP contribution is 2.34. The van der Waals surface area contributed by atoms with Crippen LogP contribution in [0.1, 0.15) is 10.4 Å². The maximum absolute atomic E-state index is 13.7. The first kappa shape index (κ1) is 20.6. The van der Waals surface area contributed by atoms with Gasteiger partial charge in [0.2, 0.25) is 0 Å². The summed E-state index contributed by atoms with van der Waals surface area (Å²) in [5.74, 6) is -2.89. The highest BCUT2D eigenvalue weighted by atomic mass is 35.5. The molecule has 0 spiro atoms. The van der Waals surface area contributed by atoms with Crippen LogP contribution in [0.2, 0.25) is 10.0 Å². The Balaban J connectivity index is 1.75. The van der Waals surface area contributed by atoms with Crippen molar-refractivity contribution in [3.8, 4) is 11.5 Å². The summed E-state index contributed by atoms with van der Waals surface area (Å²) < 4.78 is 33.0. The van der Waals surface area contributed by atoms with Crippen molar-refractivity contribution in [1.29, 1.82) is 0 Å². The summed E-state index contributed by atoms with van der Waals surface area (Å²) in [7, 11) is 0. The van der Waals surface area contributed by atoms with E-state index in [-0.39, 0.29) is 22.2 Å². The number of anilines is 1. The molecule has 0 aromatic heterocycles. The number of hydrogen-bond donors (Lipinski definition) is 2. The zero-order valence-electron chi connectivity index (χ0n) is 14.5. The SMILES string of the molecule is O=C(NC(=O)c1c(F)cccc1F)Nc1ccccc1Oc1ccc(Cl)cc1Cl. The van der Waals surface area contributed by atoms with Gasteiger partial charge in [-0.05, 0) is 42.5 Å². The quantitative estimate of drug-likeness (QED) is 0.524. The fourth-order valence-electron chi connectivity index (χ4n) is 2.37. The van der Waals surface area contributed by atoms with Crippen LogP contribution in [-0.2, 0) is 0 Å². The van der Waals surface area contributed by atoms with Crippen molar-refractivity contribution in [3.63, 3.8) is 0 Å². The normalized spacial score (nSPS) is 10.3. The van der Waals surface area contributed by atoms with Gasteiger partial charge in [0.25, 0.3) is 5.91 Å². The van der Waals surface area contributed by atoms with E-state index in [0.29, 0.717) is 5.02 Å². The van der Waals surface area contributed by atoms with Gasteiger partial charge in [-0.2, -0.15) is 0 Å². The highest BCUT2D eigenvalue weighted by Gasteiger charge is 2.20. The Labute approximate surface area is 174 Å². The number of benzene rings is 3. The molecule has 0 aliphatic carbocycles. The van der Waals surface area contributed by atoms with Crippen LogP contribution < -0.4 is 15.4 Å². The molecule has 2 N–H and O–H groups in total. The number of carbonyl (C=O) groups excluding carboxylic acids is 2. The van der Waals surface area contributed by atoms with Crippen LogP contribution in [0.3, 0.4) is 0 Å². The molecule has 0 fully saturated rings. The summed E-state index contributed by atoms with van der Waals surface area (Å²) in [4.78, 5) is 24.2. The number of ether oxygens (including phenoxy) is 1. The Hall–Kier alpha value is -3.16. The van der Waals surface area contributed by atoms with E-state index in [1.165, 1.54) is 12.1 Å². The fraction of sp³-hybridized carbons (Fsp3) is 0. The van der Waals surface area contributed by atoms with Crippen molar-refractivity contribution in [2.45, 2.75) is 0 Å². The van der Waals surface area contributed by atoms with Crippen LogP contribution in [0, 0.1) is 11.6 Å². The summed E-state index contributed by atoms with van der Waals surface area (Å²) in [5, 5.41) is 4.93. The van der Waals surface area contributed by atoms with Crippen molar-refractivity contribution in [3.05, 3.63) is 87.9 Å². The molecule has 0 unspecified atom stereocenters. The molecule has 9 heteroatoms. The summed E-state index contributed by atoms with van der Waals surface area (Å²) in [6.45, 7) is 0. The van der Waals surface area contributed by atoms with Crippen molar-refractivity contribution >= 4 is 40.8 Å². The van der Waals surface area contributed by atoms with Gasteiger partial charge in [0.1, 0.15) is 22.9 Å². The molecule has 29 heavy (non-hydrogen) atoms.